The molecule has 1 saturated carbocycles. The lowest BCUT2D eigenvalue weighted by Gasteiger charge is -2.12. The number of ether oxygens (including phenoxy) is 1. The summed E-state index contributed by atoms with van der Waals surface area (Å²) in [4.78, 5) is 0. The summed E-state index contributed by atoms with van der Waals surface area (Å²) in [5.41, 5.74) is 6.51. The molecule has 4 heteroatoms. The van der Waals surface area contributed by atoms with Crippen LogP contribution in [0.4, 0.5) is 8.78 Å². The Morgan fingerprint density at radius 3 is 2.53 bits per heavy atom. The van der Waals surface area contributed by atoms with Crippen molar-refractivity contribution in [3.63, 3.8) is 0 Å². The van der Waals surface area contributed by atoms with Crippen LogP contribution in [0, 0.1) is 5.92 Å². The summed E-state index contributed by atoms with van der Waals surface area (Å²) >= 11 is 0. The van der Waals surface area contributed by atoms with Crippen molar-refractivity contribution in [2.45, 2.75) is 31.7 Å². The van der Waals surface area contributed by atoms with E-state index in [0.29, 0.717) is 19.6 Å². The summed E-state index contributed by atoms with van der Waals surface area (Å²) in [7, 11) is 0. The van der Waals surface area contributed by atoms with Crippen molar-refractivity contribution in [2.75, 3.05) is 6.61 Å². The van der Waals surface area contributed by atoms with E-state index in [1.807, 2.05) is 24.3 Å². The largest absolute Gasteiger partial charge is 0.493 e. The first-order valence-electron chi connectivity index (χ1n) is 5.89. The third kappa shape index (κ3) is 3.40. The maximum absolute atomic E-state index is 12.9. The lowest BCUT2D eigenvalue weighted by atomic mass is 10.1. The first-order valence-corrected chi connectivity index (χ1v) is 5.89. The number of nitrogens with two attached hydrogens (primary N) is 1. The van der Waals surface area contributed by atoms with Crippen LogP contribution < -0.4 is 10.5 Å². The van der Waals surface area contributed by atoms with Crippen LogP contribution in [0.2, 0.25) is 0 Å². The molecule has 0 aliphatic heterocycles. The first kappa shape index (κ1) is 12.3. The monoisotopic (exact) mass is 241 g/mol. The van der Waals surface area contributed by atoms with Crippen LogP contribution in [0.25, 0.3) is 0 Å². The highest BCUT2D eigenvalue weighted by atomic mass is 19.3. The molecule has 2 rings (SSSR count). The highest BCUT2D eigenvalue weighted by molar-refractivity contribution is 5.27. The van der Waals surface area contributed by atoms with Gasteiger partial charge in [-0.3, -0.25) is 0 Å². The quantitative estimate of drug-likeness (QED) is 0.879. The standard InChI is InChI=1S/C13H17F2NO/c14-13(15)6-5-11(7-13)9-17-12-3-1-10(8-16)2-4-12/h1-4,11H,5-9,16H2. The summed E-state index contributed by atoms with van der Waals surface area (Å²) in [6, 6.07) is 7.43. The zero-order chi connectivity index (χ0) is 12.3. The molecule has 17 heavy (non-hydrogen) atoms. The third-order valence-corrected chi connectivity index (χ3v) is 3.15. The Bertz CT molecular complexity index is 364. The fourth-order valence-electron chi connectivity index (χ4n) is 2.12. The molecule has 1 aromatic carbocycles. The van der Waals surface area contributed by atoms with Crippen molar-refractivity contribution >= 4 is 0 Å². The van der Waals surface area contributed by atoms with Crippen molar-refractivity contribution < 1.29 is 13.5 Å². The predicted octanol–water partition coefficient (Wildman–Crippen LogP) is 2.96. The number of rotatable bonds is 4. The van der Waals surface area contributed by atoms with Crippen LogP contribution in [0.3, 0.4) is 0 Å². The van der Waals surface area contributed by atoms with Crippen molar-refractivity contribution in [1.82, 2.24) is 0 Å². The molecule has 0 radical (unpaired) electrons. The molecule has 94 valence electrons. The molecule has 1 aliphatic rings. The smallest absolute Gasteiger partial charge is 0.248 e. The number of hydrogen-bond acceptors (Lipinski definition) is 2. The van der Waals surface area contributed by atoms with E-state index >= 15 is 0 Å². The van der Waals surface area contributed by atoms with E-state index in [-0.39, 0.29) is 18.8 Å². The average Bonchev–Trinajstić information content (AvgIpc) is 2.67. The van der Waals surface area contributed by atoms with Gasteiger partial charge in [0.1, 0.15) is 5.75 Å². The lowest BCUT2D eigenvalue weighted by molar-refractivity contribution is 0.00292. The molecule has 2 N–H and O–H groups in total. The Kier molecular flexibility index (Phi) is 3.62. The molecule has 1 aliphatic carbocycles. The van der Waals surface area contributed by atoms with Crippen molar-refractivity contribution in [1.29, 1.82) is 0 Å². The molecule has 1 atom stereocenters. The highest BCUT2D eigenvalue weighted by Crippen LogP contribution is 2.38. The number of halogens is 2. The molecule has 1 unspecified atom stereocenters. The fraction of sp³-hybridized carbons (Fsp3) is 0.538. The van der Waals surface area contributed by atoms with E-state index < -0.39 is 5.92 Å². The Labute approximate surface area is 99.8 Å². The van der Waals surface area contributed by atoms with Gasteiger partial charge in [-0.25, -0.2) is 8.78 Å². The molecule has 1 aromatic rings. The maximum Gasteiger partial charge on any atom is 0.248 e. The highest BCUT2D eigenvalue weighted by Gasteiger charge is 2.39. The van der Waals surface area contributed by atoms with Gasteiger partial charge in [-0.15, -0.1) is 0 Å². The molecular formula is C13H17F2NO. The molecule has 0 aromatic heterocycles. The van der Waals surface area contributed by atoms with Gasteiger partial charge < -0.3 is 10.5 Å². The van der Waals surface area contributed by atoms with Crippen LogP contribution >= 0.6 is 0 Å². The van der Waals surface area contributed by atoms with Gasteiger partial charge in [0.25, 0.3) is 0 Å². The van der Waals surface area contributed by atoms with Gasteiger partial charge in [0.15, 0.2) is 0 Å². The van der Waals surface area contributed by atoms with Gasteiger partial charge in [-0.2, -0.15) is 0 Å². The molecule has 0 saturated heterocycles. The normalized spacial score (nSPS) is 22.6. The van der Waals surface area contributed by atoms with Crippen LogP contribution in [0.15, 0.2) is 24.3 Å². The van der Waals surface area contributed by atoms with Crippen molar-refractivity contribution in [3.8, 4) is 5.75 Å². The maximum atomic E-state index is 12.9. The predicted molar refractivity (Wildman–Crippen MR) is 62.1 cm³/mol. The van der Waals surface area contributed by atoms with Crippen molar-refractivity contribution in [3.05, 3.63) is 29.8 Å². The Hall–Kier alpha value is -1.16. The molecule has 0 spiro atoms. The molecule has 2 nitrogen and oxygen atoms in total. The van der Waals surface area contributed by atoms with Gasteiger partial charge in [-0.1, -0.05) is 12.1 Å². The average molecular weight is 241 g/mol. The topological polar surface area (TPSA) is 35.2 Å². The van der Waals surface area contributed by atoms with Crippen LogP contribution in [-0.2, 0) is 6.54 Å². The van der Waals surface area contributed by atoms with Gasteiger partial charge >= 0.3 is 0 Å². The molecule has 1 fully saturated rings. The van der Waals surface area contributed by atoms with Crippen LogP contribution in [-0.4, -0.2) is 12.5 Å². The minimum Gasteiger partial charge on any atom is -0.493 e. The van der Waals surface area contributed by atoms with Crippen molar-refractivity contribution in [2.24, 2.45) is 11.7 Å². The van der Waals surface area contributed by atoms with E-state index in [9.17, 15) is 8.78 Å². The van der Waals surface area contributed by atoms with Gasteiger partial charge in [-0.05, 0) is 30.0 Å². The molecule has 0 bridgehead atoms. The molecule has 0 amide bonds. The van der Waals surface area contributed by atoms with E-state index in [4.69, 9.17) is 10.5 Å². The lowest BCUT2D eigenvalue weighted by Crippen LogP contribution is -2.13. The molecular weight excluding hydrogens is 224 g/mol. The van der Waals surface area contributed by atoms with Crippen LogP contribution in [0.1, 0.15) is 24.8 Å². The van der Waals surface area contributed by atoms with E-state index in [2.05, 4.69) is 0 Å². The van der Waals surface area contributed by atoms with E-state index in [0.717, 1.165) is 11.3 Å². The van der Waals surface area contributed by atoms with E-state index in [1.54, 1.807) is 0 Å². The summed E-state index contributed by atoms with van der Waals surface area (Å²) in [5, 5.41) is 0. The second-order valence-corrected chi connectivity index (χ2v) is 4.62. The molecule has 0 heterocycles. The zero-order valence-corrected chi connectivity index (χ0v) is 9.66. The minimum absolute atomic E-state index is 0.00681. The summed E-state index contributed by atoms with van der Waals surface area (Å²) in [5.74, 6) is -1.80. The van der Waals surface area contributed by atoms with Crippen LogP contribution in [0.5, 0.6) is 5.75 Å². The number of benzene rings is 1. The summed E-state index contributed by atoms with van der Waals surface area (Å²) in [6.07, 6.45) is 0.495. The zero-order valence-electron chi connectivity index (χ0n) is 9.66. The number of alkyl halides is 2. The fourth-order valence-corrected chi connectivity index (χ4v) is 2.12. The Morgan fingerprint density at radius 2 is 2.00 bits per heavy atom. The van der Waals surface area contributed by atoms with Gasteiger partial charge in [0.05, 0.1) is 6.61 Å². The Morgan fingerprint density at radius 1 is 1.29 bits per heavy atom. The minimum atomic E-state index is -2.49. The second kappa shape index (κ2) is 5.00. The SMILES string of the molecule is NCc1ccc(OCC2CCC(F)(F)C2)cc1. The first-order chi connectivity index (χ1) is 8.09. The second-order valence-electron chi connectivity index (χ2n) is 4.62. The Balaban J connectivity index is 1.82. The summed E-state index contributed by atoms with van der Waals surface area (Å²) < 4.78 is 31.4. The summed E-state index contributed by atoms with van der Waals surface area (Å²) in [6.45, 7) is 0.868. The number of hydrogen-bond donors (Lipinski definition) is 1. The van der Waals surface area contributed by atoms with E-state index in [1.165, 1.54) is 0 Å². The van der Waals surface area contributed by atoms with Gasteiger partial charge in [0.2, 0.25) is 5.92 Å². The third-order valence-electron chi connectivity index (χ3n) is 3.15. The van der Waals surface area contributed by atoms with Gasteiger partial charge in [0, 0.05) is 19.4 Å².